The number of carbonyl (C=O) groups excluding carboxylic acids is 3. The Balaban J connectivity index is 1.69. The molecule has 40 heavy (non-hydrogen) atoms. The summed E-state index contributed by atoms with van der Waals surface area (Å²) in [4.78, 5) is 41.9. The van der Waals surface area contributed by atoms with Crippen molar-refractivity contribution in [1.82, 2.24) is 10.5 Å². The van der Waals surface area contributed by atoms with Gasteiger partial charge in [-0.05, 0) is 57.0 Å². The van der Waals surface area contributed by atoms with Gasteiger partial charge in [0.05, 0.1) is 7.11 Å². The Labute approximate surface area is 232 Å². The first-order chi connectivity index (χ1) is 19.1. The lowest BCUT2D eigenvalue weighted by molar-refractivity contribution is -0.128. The fourth-order valence-corrected chi connectivity index (χ4v) is 4.14. The number of nitrogens with one attached hydrogen (secondary N) is 2. The second-order valence-corrected chi connectivity index (χ2v) is 10.1. The van der Waals surface area contributed by atoms with E-state index in [4.69, 9.17) is 18.7 Å². The molecule has 0 saturated heterocycles. The van der Waals surface area contributed by atoms with Gasteiger partial charge in [0.2, 0.25) is 24.5 Å². The summed E-state index contributed by atoms with van der Waals surface area (Å²) in [6.07, 6.45) is 0.366. The number of benzene rings is 2. The zero-order chi connectivity index (χ0) is 28.9. The van der Waals surface area contributed by atoms with Crippen molar-refractivity contribution in [3.63, 3.8) is 0 Å². The molecular weight excluding hydrogens is 516 g/mol. The number of aromatic nitrogens is 1. The van der Waals surface area contributed by atoms with Gasteiger partial charge in [0.1, 0.15) is 17.6 Å². The molecule has 11 nitrogen and oxygen atoms in total. The van der Waals surface area contributed by atoms with Crippen molar-refractivity contribution in [2.24, 2.45) is 0 Å². The van der Waals surface area contributed by atoms with E-state index in [1.807, 2.05) is 20.8 Å². The SMILES string of the molecule is CCC(C)(C)NC(=O)[C@@H](c1ccc(OC)cc1)N(C(=O)CCC(=O)Nc1cc(C)on1)c1ccc2c(c1)OCO2. The van der Waals surface area contributed by atoms with Crippen LogP contribution in [0.1, 0.15) is 57.4 Å². The van der Waals surface area contributed by atoms with Gasteiger partial charge in [0.25, 0.3) is 0 Å². The normalized spacial score (nSPS) is 12.9. The van der Waals surface area contributed by atoms with Gasteiger partial charge < -0.3 is 29.4 Å². The lowest BCUT2D eigenvalue weighted by Crippen LogP contribution is -2.50. The molecule has 1 aromatic heterocycles. The maximum absolute atomic E-state index is 13.9. The van der Waals surface area contributed by atoms with Crippen LogP contribution in [0.2, 0.25) is 0 Å². The van der Waals surface area contributed by atoms with E-state index in [1.165, 1.54) is 4.90 Å². The van der Waals surface area contributed by atoms with Gasteiger partial charge >= 0.3 is 0 Å². The monoisotopic (exact) mass is 550 g/mol. The summed E-state index contributed by atoms with van der Waals surface area (Å²) in [5.74, 6) is 1.19. The molecule has 0 fully saturated rings. The molecule has 1 atom stereocenters. The molecule has 0 radical (unpaired) electrons. The van der Waals surface area contributed by atoms with E-state index in [-0.39, 0.29) is 31.4 Å². The van der Waals surface area contributed by atoms with E-state index in [0.717, 1.165) is 0 Å². The van der Waals surface area contributed by atoms with Crippen LogP contribution in [-0.4, -0.2) is 42.3 Å². The van der Waals surface area contributed by atoms with Crippen molar-refractivity contribution >= 4 is 29.2 Å². The predicted molar refractivity (Wildman–Crippen MR) is 147 cm³/mol. The van der Waals surface area contributed by atoms with Crippen molar-refractivity contribution in [3.05, 3.63) is 59.9 Å². The minimum Gasteiger partial charge on any atom is -0.497 e. The standard InChI is InChI=1S/C29H34N4O7/c1-6-29(3,4)31-28(36)27(19-7-10-21(37-5)11-8-19)33(20-9-12-22-23(16-20)39-17-38-22)26(35)14-13-25(34)30-24-15-18(2)40-32-24/h7-12,15-16,27H,6,13-14,17H2,1-5H3,(H,31,36)(H,30,32,34)/t27-/m1/s1. The number of methoxy groups -OCH3 is 1. The molecule has 2 N–H and O–H groups in total. The zero-order valence-electron chi connectivity index (χ0n) is 23.3. The van der Waals surface area contributed by atoms with Crippen LogP contribution in [0.5, 0.6) is 17.2 Å². The molecule has 0 bridgehead atoms. The highest BCUT2D eigenvalue weighted by atomic mass is 16.7. The second-order valence-electron chi connectivity index (χ2n) is 10.1. The molecule has 1 aliphatic rings. The number of nitrogens with zero attached hydrogens (tertiary/aromatic N) is 2. The number of hydrogen-bond donors (Lipinski definition) is 2. The highest BCUT2D eigenvalue weighted by molar-refractivity contribution is 6.03. The van der Waals surface area contributed by atoms with Crippen molar-refractivity contribution in [1.29, 1.82) is 0 Å². The highest BCUT2D eigenvalue weighted by Crippen LogP contribution is 2.39. The van der Waals surface area contributed by atoms with Gasteiger partial charge in [-0.1, -0.05) is 24.2 Å². The Hall–Kier alpha value is -4.54. The first kappa shape index (κ1) is 28.5. The summed E-state index contributed by atoms with van der Waals surface area (Å²) in [6.45, 7) is 7.57. The summed E-state index contributed by atoms with van der Waals surface area (Å²) in [6, 6.07) is 12.5. The van der Waals surface area contributed by atoms with Crippen molar-refractivity contribution in [3.8, 4) is 17.2 Å². The first-order valence-electron chi connectivity index (χ1n) is 13.0. The number of ether oxygens (including phenoxy) is 3. The van der Waals surface area contributed by atoms with Crippen LogP contribution in [-0.2, 0) is 14.4 Å². The highest BCUT2D eigenvalue weighted by Gasteiger charge is 2.35. The zero-order valence-corrected chi connectivity index (χ0v) is 23.3. The van der Waals surface area contributed by atoms with Gasteiger partial charge in [0.15, 0.2) is 17.3 Å². The molecule has 212 valence electrons. The van der Waals surface area contributed by atoms with E-state index in [2.05, 4.69) is 15.8 Å². The van der Waals surface area contributed by atoms with E-state index < -0.39 is 23.4 Å². The molecule has 3 amide bonds. The molecule has 0 aliphatic carbocycles. The van der Waals surface area contributed by atoms with E-state index >= 15 is 0 Å². The summed E-state index contributed by atoms with van der Waals surface area (Å²) in [5.41, 5.74) is 0.465. The van der Waals surface area contributed by atoms with E-state index in [1.54, 1.807) is 62.6 Å². The van der Waals surface area contributed by atoms with Gasteiger partial charge in [-0.3, -0.25) is 19.3 Å². The lowest BCUT2D eigenvalue weighted by Gasteiger charge is -2.34. The number of fused-ring (bicyclic) bond motifs is 1. The Kier molecular flexibility index (Phi) is 8.61. The second kappa shape index (κ2) is 12.1. The third-order valence-electron chi connectivity index (χ3n) is 6.65. The molecule has 4 rings (SSSR count). The van der Waals surface area contributed by atoms with E-state index in [9.17, 15) is 14.4 Å². The largest absolute Gasteiger partial charge is 0.497 e. The number of rotatable bonds is 11. The Morgan fingerprint density at radius 2 is 1.77 bits per heavy atom. The third kappa shape index (κ3) is 6.71. The van der Waals surface area contributed by atoms with Gasteiger partial charge in [-0.25, -0.2) is 0 Å². The van der Waals surface area contributed by atoms with Crippen LogP contribution < -0.4 is 29.7 Å². The number of amides is 3. The fourth-order valence-electron chi connectivity index (χ4n) is 4.14. The number of aryl methyl sites for hydroxylation is 1. The lowest BCUT2D eigenvalue weighted by atomic mass is 9.97. The maximum Gasteiger partial charge on any atom is 0.248 e. The number of anilines is 2. The minimum absolute atomic E-state index is 0.0571. The molecule has 2 heterocycles. The summed E-state index contributed by atoms with van der Waals surface area (Å²) in [7, 11) is 1.55. The van der Waals surface area contributed by atoms with Crippen LogP contribution in [0.3, 0.4) is 0 Å². The molecule has 2 aromatic carbocycles. The Morgan fingerprint density at radius 1 is 1.05 bits per heavy atom. The van der Waals surface area contributed by atoms with E-state index in [0.29, 0.717) is 40.7 Å². The fraction of sp³-hybridized carbons (Fsp3) is 0.379. The average molecular weight is 551 g/mol. The summed E-state index contributed by atoms with van der Waals surface area (Å²) < 4.78 is 21.3. The Bertz CT molecular complexity index is 1370. The topological polar surface area (TPSA) is 132 Å². The van der Waals surface area contributed by atoms with Crippen molar-refractivity contribution < 1.29 is 33.1 Å². The first-order valence-corrected chi connectivity index (χ1v) is 13.0. The molecule has 3 aromatic rings. The number of hydrogen-bond acceptors (Lipinski definition) is 8. The molecule has 1 aliphatic heterocycles. The molecule has 11 heteroatoms. The average Bonchev–Trinajstić information content (AvgIpc) is 3.58. The van der Waals surface area contributed by atoms with Gasteiger partial charge in [-0.2, -0.15) is 0 Å². The van der Waals surface area contributed by atoms with Crippen LogP contribution in [0.25, 0.3) is 0 Å². The minimum atomic E-state index is -1.05. The third-order valence-corrected chi connectivity index (χ3v) is 6.65. The quantitative estimate of drug-likeness (QED) is 0.356. The predicted octanol–water partition coefficient (Wildman–Crippen LogP) is 4.52. The maximum atomic E-state index is 13.9. The van der Waals surface area contributed by atoms with Gasteiger partial charge in [-0.15, -0.1) is 0 Å². The van der Waals surface area contributed by atoms with Crippen LogP contribution in [0.4, 0.5) is 11.5 Å². The Morgan fingerprint density at radius 3 is 2.42 bits per heavy atom. The van der Waals surface area contributed by atoms with Crippen LogP contribution in [0, 0.1) is 6.92 Å². The molecule has 0 spiro atoms. The van der Waals surface area contributed by atoms with Crippen molar-refractivity contribution in [2.75, 3.05) is 24.1 Å². The van der Waals surface area contributed by atoms with Gasteiger partial charge in [0, 0.05) is 36.2 Å². The number of carbonyl (C=O) groups is 3. The summed E-state index contributed by atoms with van der Waals surface area (Å²) in [5, 5.41) is 9.45. The van der Waals surface area contributed by atoms with Crippen molar-refractivity contribution in [2.45, 2.75) is 58.5 Å². The molecule has 0 unspecified atom stereocenters. The summed E-state index contributed by atoms with van der Waals surface area (Å²) >= 11 is 0. The van der Waals surface area contributed by atoms with Crippen LogP contribution in [0.15, 0.2) is 53.1 Å². The molecule has 0 saturated carbocycles. The van der Waals surface area contributed by atoms with Crippen LogP contribution >= 0.6 is 0 Å². The smallest absolute Gasteiger partial charge is 0.248 e. The molecular formula is C29H34N4O7.